The first-order chi connectivity index (χ1) is 11.9. The van der Waals surface area contributed by atoms with E-state index in [1.165, 1.54) is 0 Å². The average Bonchev–Trinajstić information content (AvgIpc) is 2.89. The van der Waals surface area contributed by atoms with Crippen LogP contribution < -0.4 is 5.73 Å². The molecule has 0 radical (unpaired) electrons. The van der Waals surface area contributed by atoms with E-state index in [4.69, 9.17) is 17.3 Å². The van der Waals surface area contributed by atoms with Crippen molar-refractivity contribution in [3.05, 3.63) is 46.2 Å². The topological polar surface area (TPSA) is 64.2 Å². The summed E-state index contributed by atoms with van der Waals surface area (Å²) in [7, 11) is 0. The number of piperidine rings is 1. The molecule has 1 aromatic heterocycles. The number of aromatic nitrogens is 2. The minimum Gasteiger partial charge on any atom is -0.338 e. The lowest BCUT2D eigenvalue weighted by atomic mass is 9.92. The van der Waals surface area contributed by atoms with Gasteiger partial charge in [0.25, 0.3) is 5.91 Å². The van der Waals surface area contributed by atoms with E-state index < -0.39 is 0 Å². The number of aryl methyl sites for hydroxylation is 1. The van der Waals surface area contributed by atoms with Crippen molar-refractivity contribution in [2.24, 2.45) is 11.7 Å². The molecule has 0 unspecified atom stereocenters. The number of benzene rings is 1. The van der Waals surface area contributed by atoms with Gasteiger partial charge in [-0.2, -0.15) is 5.10 Å². The molecule has 1 aliphatic rings. The molecule has 5 nitrogen and oxygen atoms in total. The number of nitrogens with two attached hydrogens (primary N) is 1. The Labute approximate surface area is 153 Å². The fourth-order valence-electron chi connectivity index (χ4n) is 3.43. The van der Waals surface area contributed by atoms with Gasteiger partial charge in [-0.25, -0.2) is 4.68 Å². The lowest BCUT2D eigenvalue weighted by molar-refractivity contribution is 0.0661. The van der Waals surface area contributed by atoms with Crippen molar-refractivity contribution in [3.63, 3.8) is 0 Å². The highest BCUT2D eigenvalue weighted by Gasteiger charge is 2.26. The number of nitrogens with zero attached hydrogens (tertiary/aromatic N) is 3. The molecule has 1 amide bonds. The third-order valence-corrected chi connectivity index (χ3v) is 5.60. The summed E-state index contributed by atoms with van der Waals surface area (Å²) < 4.78 is 1.80. The summed E-state index contributed by atoms with van der Waals surface area (Å²) in [5.41, 5.74) is 9.32. The first-order valence-corrected chi connectivity index (χ1v) is 9.13. The highest BCUT2D eigenvalue weighted by Crippen LogP contribution is 2.24. The molecule has 2 N–H and O–H groups in total. The molecule has 1 saturated heterocycles. The first-order valence-electron chi connectivity index (χ1n) is 8.75. The molecule has 2 aromatic rings. The number of amides is 1. The van der Waals surface area contributed by atoms with Gasteiger partial charge in [-0.1, -0.05) is 11.6 Å². The summed E-state index contributed by atoms with van der Waals surface area (Å²) in [6, 6.07) is 7.66. The predicted molar refractivity (Wildman–Crippen MR) is 100 cm³/mol. The van der Waals surface area contributed by atoms with E-state index in [0.717, 1.165) is 43.0 Å². The van der Waals surface area contributed by atoms with Gasteiger partial charge in [0.15, 0.2) is 0 Å². The SMILES string of the molecule is Cc1nn(-c2ccc(C(=O)N3CCC[C@@H]([C@H](C)N)C3)cc2)c(C)c1Cl. The zero-order valence-electron chi connectivity index (χ0n) is 15.0. The van der Waals surface area contributed by atoms with E-state index in [2.05, 4.69) is 5.10 Å². The van der Waals surface area contributed by atoms with Crippen molar-refractivity contribution in [2.45, 2.75) is 39.7 Å². The Kier molecular flexibility index (Phi) is 5.16. The van der Waals surface area contributed by atoms with Gasteiger partial charge in [0.2, 0.25) is 0 Å². The van der Waals surface area contributed by atoms with Crippen LogP contribution in [0.4, 0.5) is 0 Å². The standard InChI is InChI=1S/C19H25ClN4O/c1-12(21)16-5-4-10-23(11-16)19(25)15-6-8-17(9-7-15)24-14(3)18(20)13(2)22-24/h6-9,12,16H,4-5,10-11,21H2,1-3H3/t12-,16+/m0/s1. The van der Waals surface area contributed by atoms with Gasteiger partial charge in [-0.3, -0.25) is 4.79 Å². The second-order valence-electron chi connectivity index (χ2n) is 6.96. The number of hydrogen-bond donors (Lipinski definition) is 1. The third-order valence-electron chi connectivity index (χ3n) is 5.05. The molecular formula is C19H25ClN4O. The minimum atomic E-state index is 0.0725. The van der Waals surface area contributed by atoms with E-state index >= 15 is 0 Å². The largest absolute Gasteiger partial charge is 0.338 e. The summed E-state index contributed by atoms with van der Waals surface area (Å²) in [4.78, 5) is 14.7. The smallest absolute Gasteiger partial charge is 0.253 e. The van der Waals surface area contributed by atoms with Gasteiger partial charge < -0.3 is 10.6 Å². The molecule has 0 spiro atoms. The van der Waals surface area contributed by atoms with E-state index in [9.17, 15) is 4.79 Å². The Morgan fingerprint density at radius 1 is 1.32 bits per heavy atom. The van der Waals surface area contributed by atoms with E-state index in [1.807, 2.05) is 49.9 Å². The molecule has 0 aliphatic carbocycles. The van der Waals surface area contributed by atoms with Crippen molar-refractivity contribution >= 4 is 17.5 Å². The van der Waals surface area contributed by atoms with Gasteiger partial charge in [-0.05, 0) is 63.8 Å². The highest BCUT2D eigenvalue weighted by molar-refractivity contribution is 6.31. The summed E-state index contributed by atoms with van der Waals surface area (Å²) in [6.07, 6.45) is 2.11. The Morgan fingerprint density at radius 3 is 2.56 bits per heavy atom. The van der Waals surface area contributed by atoms with Crippen molar-refractivity contribution in [2.75, 3.05) is 13.1 Å². The molecule has 3 rings (SSSR count). The van der Waals surface area contributed by atoms with Crippen LogP contribution in [0.5, 0.6) is 0 Å². The van der Waals surface area contributed by atoms with Crippen LogP contribution in [0.25, 0.3) is 5.69 Å². The zero-order valence-corrected chi connectivity index (χ0v) is 15.8. The maximum absolute atomic E-state index is 12.8. The second-order valence-corrected chi connectivity index (χ2v) is 7.33. The molecule has 2 atom stereocenters. The number of rotatable bonds is 3. The maximum atomic E-state index is 12.8. The van der Waals surface area contributed by atoms with Crippen LogP contribution in [0, 0.1) is 19.8 Å². The number of halogens is 1. The Hall–Kier alpha value is -1.85. The molecule has 1 aliphatic heterocycles. The van der Waals surface area contributed by atoms with Gasteiger partial charge in [0, 0.05) is 24.7 Å². The molecule has 134 valence electrons. The van der Waals surface area contributed by atoms with Crippen LogP contribution in [0.1, 0.15) is 41.5 Å². The molecule has 1 aromatic carbocycles. The Balaban J connectivity index is 1.78. The van der Waals surface area contributed by atoms with Crippen LogP contribution in [0.2, 0.25) is 5.02 Å². The van der Waals surface area contributed by atoms with Crippen molar-refractivity contribution in [1.29, 1.82) is 0 Å². The van der Waals surface area contributed by atoms with Gasteiger partial charge >= 0.3 is 0 Å². The van der Waals surface area contributed by atoms with E-state index in [0.29, 0.717) is 16.5 Å². The van der Waals surface area contributed by atoms with E-state index in [1.54, 1.807) is 4.68 Å². The molecule has 1 fully saturated rings. The molecule has 2 heterocycles. The zero-order chi connectivity index (χ0) is 18.1. The van der Waals surface area contributed by atoms with Crippen molar-refractivity contribution in [3.8, 4) is 5.69 Å². The summed E-state index contributed by atoms with van der Waals surface area (Å²) in [6.45, 7) is 7.38. The number of likely N-dealkylation sites (tertiary alicyclic amines) is 1. The predicted octanol–water partition coefficient (Wildman–Crippen LogP) is 3.34. The van der Waals surface area contributed by atoms with Crippen LogP contribution in [-0.4, -0.2) is 39.7 Å². The minimum absolute atomic E-state index is 0.0725. The Morgan fingerprint density at radius 2 is 2.00 bits per heavy atom. The number of carbonyl (C=O) groups is 1. The van der Waals surface area contributed by atoms with Crippen LogP contribution in [0.15, 0.2) is 24.3 Å². The fraction of sp³-hybridized carbons (Fsp3) is 0.474. The number of hydrogen-bond acceptors (Lipinski definition) is 3. The highest BCUT2D eigenvalue weighted by atomic mass is 35.5. The third kappa shape index (κ3) is 3.58. The molecule has 0 bridgehead atoms. The number of carbonyl (C=O) groups excluding carboxylic acids is 1. The lowest BCUT2D eigenvalue weighted by Gasteiger charge is -2.34. The molecule has 25 heavy (non-hydrogen) atoms. The second kappa shape index (κ2) is 7.18. The van der Waals surface area contributed by atoms with Crippen LogP contribution >= 0.6 is 11.6 Å². The summed E-state index contributed by atoms with van der Waals surface area (Å²) in [5, 5.41) is 5.13. The van der Waals surface area contributed by atoms with Gasteiger partial charge in [0.1, 0.15) is 0 Å². The Bertz CT molecular complexity index is 766. The van der Waals surface area contributed by atoms with E-state index in [-0.39, 0.29) is 11.9 Å². The quantitative estimate of drug-likeness (QED) is 0.912. The van der Waals surface area contributed by atoms with Crippen LogP contribution in [0.3, 0.4) is 0 Å². The molecular weight excluding hydrogens is 336 g/mol. The summed E-state index contributed by atoms with van der Waals surface area (Å²) >= 11 is 6.22. The first kappa shape index (κ1) is 18.0. The van der Waals surface area contributed by atoms with Gasteiger partial charge in [0.05, 0.1) is 22.1 Å². The maximum Gasteiger partial charge on any atom is 0.253 e. The average molecular weight is 361 g/mol. The summed E-state index contributed by atoms with van der Waals surface area (Å²) in [5.74, 6) is 0.456. The fourth-order valence-corrected chi connectivity index (χ4v) is 3.54. The molecule has 0 saturated carbocycles. The normalized spacial score (nSPS) is 19.1. The van der Waals surface area contributed by atoms with Gasteiger partial charge in [-0.15, -0.1) is 0 Å². The van der Waals surface area contributed by atoms with Crippen LogP contribution in [-0.2, 0) is 0 Å². The lowest BCUT2D eigenvalue weighted by Crippen LogP contribution is -2.45. The molecule has 6 heteroatoms. The van der Waals surface area contributed by atoms with Crippen molar-refractivity contribution < 1.29 is 4.79 Å². The monoisotopic (exact) mass is 360 g/mol. The van der Waals surface area contributed by atoms with Crippen molar-refractivity contribution in [1.82, 2.24) is 14.7 Å².